The number of halogens is 4. The first-order valence-corrected chi connectivity index (χ1v) is 18.8. The molecule has 2 aliphatic carbocycles. The van der Waals surface area contributed by atoms with Gasteiger partial charge in [-0.1, -0.05) is 12.0 Å². The summed E-state index contributed by atoms with van der Waals surface area (Å²) in [6, 6.07) is 6.49. The molecule has 55 heavy (non-hydrogen) atoms. The summed E-state index contributed by atoms with van der Waals surface area (Å²) in [5.41, 5.74) is 5.79. The number of terminal acetylenes is 1. The fourth-order valence-corrected chi connectivity index (χ4v) is 9.73. The third kappa shape index (κ3) is 5.76. The van der Waals surface area contributed by atoms with Gasteiger partial charge in [0.25, 0.3) is 5.92 Å². The SMILES string of the molecule is C#Cc1c(F)ccc2cc(N)cc(-c3c(F)c4nc(OC[C@]5(CN(C)C)CC5(F)F)nc(N5C6CCC5CN(C5CC(COC)C5)C6)c4c4cn(C)nc34)c12. The van der Waals surface area contributed by atoms with Crippen LogP contribution in [0.1, 0.15) is 37.7 Å². The highest BCUT2D eigenvalue weighted by molar-refractivity contribution is 6.18. The molecule has 288 valence electrons. The van der Waals surface area contributed by atoms with Crippen molar-refractivity contribution >= 4 is 44.1 Å². The average Bonchev–Trinajstić information content (AvgIpc) is 3.30. The van der Waals surface area contributed by atoms with Crippen LogP contribution in [0.15, 0.2) is 30.5 Å². The molecule has 0 spiro atoms. The summed E-state index contributed by atoms with van der Waals surface area (Å²) < 4.78 is 76.0. The van der Waals surface area contributed by atoms with E-state index in [0.29, 0.717) is 50.5 Å². The molecule has 4 heterocycles. The van der Waals surface area contributed by atoms with Gasteiger partial charge in [-0.3, -0.25) is 9.58 Å². The lowest BCUT2D eigenvalue weighted by atomic mass is 9.79. The molecule has 14 heteroatoms. The van der Waals surface area contributed by atoms with Crippen molar-refractivity contribution in [1.29, 1.82) is 0 Å². The molecule has 2 saturated carbocycles. The van der Waals surface area contributed by atoms with Crippen molar-refractivity contribution in [1.82, 2.24) is 29.5 Å². The molecule has 2 aliphatic heterocycles. The zero-order chi connectivity index (χ0) is 38.6. The summed E-state index contributed by atoms with van der Waals surface area (Å²) in [4.78, 5) is 16.2. The van der Waals surface area contributed by atoms with E-state index >= 15 is 8.78 Å². The number of anilines is 2. The third-order valence-electron chi connectivity index (χ3n) is 12.3. The summed E-state index contributed by atoms with van der Waals surface area (Å²) in [6.07, 6.45) is 11.3. The van der Waals surface area contributed by atoms with Crippen molar-refractivity contribution in [2.24, 2.45) is 18.4 Å². The van der Waals surface area contributed by atoms with E-state index < -0.39 is 23.0 Å². The van der Waals surface area contributed by atoms with Crippen LogP contribution in [-0.2, 0) is 11.8 Å². The molecule has 4 fully saturated rings. The molecule has 3 aromatic carbocycles. The zero-order valence-electron chi connectivity index (χ0n) is 31.4. The second-order valence-corrected chi connectivity index (χ2v) is 16.4. The number of ether oxygens (including phenoxy) is 2. The molecule has 2 saturated heterocycles. The molecule has 2 aromatic heterocycles. The van der Waals surface area contributed by atoms with Gasteiger partial charge in [-0.05, 0) is 74.8 Å². The van der Waals surface area contributed by atoms with Crippen LogP contribution in [0, 0.1) is 35.3 Å². The highest BCUT2D eigenvalue weighted by Crippen LogP contribution is 2.61. The first-order chi connectivity index (χ1) is 26.3. The number of hydrogen-bond acceptors (Lipinski definition) is 9. The number of methoxy groups -OCH3 is 1. The Morgan fingerprint density at radius 3 is 2.42 bits per heavy atom. The van der Waals surface area contributed by atoms with Crippen LogP contribution < -0.4 is 15.4 Å². The van der Waals surface area contributed by atoms with Crippen molar-refractivity contribution in [3.05, 3.63) is 47.7 Å². The van der Waals surface area contributed by atoms with Crippen molar-refractivity contribution in [3.8, 4) is 29.5 Å². The molecule has 2 bridgehead atoms. The first kappa shape index (κ1) is 36.0. The van der Waals surface area contributed by atoms with Gasteiger partial charge in [0.1, 0.15) is 29.3 Å². The topological polar surface area (TPSA) is 97.8 Å². The number of piperazine rings is 1. The van der Waals surface area contributed by atoms with Gasteiger partial charge in [0, 0.05) is 93.2 Å². The van der Waals surface area contributed by atoms with E-state index in [4.69, 9.17) is 31.7 Å². The third-order valence-corrected chi connectivity index (χ3v) is 12.3. The molecule has 0 amide bonds. The largest absolute Gasteiger partial charge is 0.463 e. The van der Waals surface area contributed by atoms with E-state index in [2.05, 4.69) is 20.7 Å². The number of nitrogens with zero attached hydrogens (tertiary/aromatic N) is 7. The van der Waals surface area contributed by atoms with Crippen molar-refractivity contribution in [2.45, 2.75) is 56.2 Å². The number of fused-ring (bicyclic) bond motifs is 6. The smallest absolute Gasteiger partial charge is 0.319 e. The Labute approximate surface area is 316 Å². The molecule has 3 atom stereocenters. The fraction of sp³-hybridized carbons (Fsp3) is 0.488. The maximum atomic E-state index is 17.8. The van der Waals surface area contributed by atoms with Crippen LogP contribution in [0.5, 0.6) is 6.01 Å². The van der Waals surface area contributed by atoms with Gasteiger partial charge < -0.3 is 25.0 Å². The standard InChI is InChI=1S/C41H44F4N8O2/c1-6-28-31(42)10-7-23-13-24(46)14-29(32(23)28)33-35(43)37-34(30-17-51(4)49-36(30)33)38(48-39(47-37)55-21-40(20-50(2)3)19-41(40,44)45)53-25-8-9-26(53)16-52(15-25)27-11-22(12-27)18-54-5/h1,7,10,13-14,17,22,25-27H,8-9,11-12,15-16,18-21,46H2,2-5H3/t22?,25?,26?,27?,40-/m1/s1. The van der Waals surface area contributed by atoms with Crippen LogP contribution in [0.25, 0.3) is 43.7 Å². The fourth-order valence-electron chi connectivity index (χ4n) is 9.73. The van der Waals surface area contributed by atoms with Gasteiger partial charge in [0.05, 0.1) is 16.4 Å². The zero-order valence-corrected chi connectivity index (χ0v) is 31.4. The van der Waals surface area contributed by atoms with Crippen LogP contribution in [0.4, 0.5) is 29.1 Å². The van der Waals surface area contributed by atoms with E-state index in [1.165, 1.54) is 6.07 Å². The molecular formula is C41H44F4N8O2. The Morgan fingerprint density at radius 1 is 1.04 bits per heavy atom. The quantitative estimate of drug-likeness (QED) is 0.101. The molecule has 0 radical (unpaired) electrons. The summed E-state index contributed by atoms with van der Waals surface area (Å²) in [6.45, 7) is 2.15. The lowest BCUT2D eigenvalue weighted by Gasteiger charge is -2.49. The Hall–Kier alpha value is -4.71. The first-order valence-electron chi connectivity index (χ1n) is 18.8. The van der Waals surface area contributed by atoms with E-state index in [9.17, 15) is 8.78 Å². The summed E-state index contributed by atoms with van der Waals surface area (Å²) >= 11 is 0. The second kappa shape index (κ2) is 12.9. The molecule has 9 rings (SSSR count). The van der Waals surface area contributed by atoms with Crippen molar-refractivity contribution in [2.75, 3.05) is 64.7 Å². The Bertz CT molecular complexity index is 2390. The lowest BCUT2D eigenvalue weighted by Crippen LogP contribution is -2.59. The Kier molecular flexibility index (Phi) is 8.45. The normalized spacial score (nSPS) is 25.9. The lowest BCUT2D eigenvalue weighted by molar-refractivity contribution is 0.0198. The van der Waals surface area contributed by atoms with E-state index in [1.807, 2.05) is 0 Å². The van der Waals surface area contributed by atoms with Gasteiger partial charge in [-0.15, -0.1) is 6.42 Å². The minimum Gasteiger partial charge on any atom is -0.463 e. The number of hydrogen-bond donors (Lipinski definition) is 1. The van der Waals surface area contributed by atoms with Crippen molar-refractivity contribution in [3.63, 3.8) is 0 Å². The number of alkyl halides is 2. The Morgan fingerprint density at radius 2 is 1.76 bits per heavy atom. The van der Waals surface area contributed by atoms with E-state index in [0.717, 1.165) is 45.4 Å². The molecule has 10 nitrogen and oxygen atoms in total. The number of likely N-dealkylation sites (tertiary alicyclic amines) is 1. The van der Waals surface area contributed by atoms with Gasteiger partial charge in [-0.25, -0.2) is 17.6 Å². The molecule has 2 N–H and O–H groups in total. The monoisotopic (exact) mass is 756 g/mol. The Balaban J connectivity index is 1.23. The van der Waals surface area contributed by atoms with Gasteiger partial charge in [-0.2, -0.15) is 15.1 Å². The van der Waals surface area contributed by atoms with Gasteiger partial charge in [0.15, 0.2) is 5.82 Å². The number of aryl methyl sites for hydroxylation is 1. The number of nitrogen functional groups attached to an aromatic ring is 1. The van der Waals surface area contributed by atoms with Crippen molar-refractivity contribution < 1.29 is 27.0 Å². The summed E-state index contributed by atoms with van der Waals surface area (Å²) in [5, 5.41) is 6.62. The molecule has 4 aliphatic rings. The van der Waals surface area contributed by atoms with Crippen LogP contribution in [0.2, 0.25) is 0 Å². The number of aromatic nitrogens is 4. The molecule has 2 unspecified atom stereocenters. The van der Waals surface area contributed by atoms with Crippen LogP contribution in [-0.4, -0.2) is 108 Å². The highest BCUT2D eigenvalue weighted by Gasteiger charge is 2.71. The maximum Gasteiger partial charge on any atom is 0.319 e. The van der Waals surface area contributed by atoms with Gasteiger partial charge in [0.2, 0.25) is 0 Å². The van der Waals surface area contributed by atoms with E-state index in [-0.39, 0.29) is 59.9 Å². The molecular weight excluding hydrogens is 712 g/mol. The average molecular weight is 757 g/mol. The van der Waals surface area contributed by atoms with Gasteiger partial charge >= 0.3 is 6.01 Å². The predicted octanol–water partition coefficient (Wildman–Crippen LogP) is 6.22. The second-order valence-electron chi connectivity index (χ2n) is 16.4. The van der Waals surface area contributed by atoms with E-state index in [1.54, 1.807) is 62.2 Å². The maximum absolute atomic E-state index is 17.8. The minimum atomic E-state index is -2.92. The van der Waals surface area contributed by atoms with Crippen LogP contribution >= 0.6 is 0 Å². The minimum absolute atomic E-state index is 0.0329. The van der Waals surface area contributed by atoms with Crippen LogP contribution in [0.3, 0.4) is 0 Å². The summed E-state index contributed by atoms with van der Waals surface area (Å²) in [7, 11) is 6.97. The molecule has 5 aromatic rings. The highest BCUT2D eigenvalue weighted by atomic mass is 19.3. The number of benzene rings is 3. The number of nitrogens with two attached hydrogens (primary N) is 1. The predicted molar refractivity (Wildman–Crippen MR) is 204 cm³/mol. The number of rotatable bonds is 10. The summed E-state index contributed by atoms with van der Waals surface area (Å²) in [5.74, 6) is -0.807.